The summed E-state index contributed by atoms with van der Waals surface area (Å²) in [6, 6.07) is 11.4. The molecule has 0 bridgehead atoms. The number of likely N-dealkylation sites (tertiary alicyclic amines) is 1. The van der Waals surface area contributed by atoms with Gasteiger partial charge in [0.05, 0.1) is 30.0 Å². The van der Waals surface area contributed by atoms with Crippen molar-refractivity contribution in [3.8, 4) is 0 Å². The van der Waals surface area contributed by atoms with E-state index in [-0.39, 0.29) is 17.4 Å². The summed E-state index contributed by atoms with van der Waals surface area (Å²) in [7, 11) is 1.97. The summed E-state index contributed by atoms with van der Waals surface area (Å²) >= 11 is 0. The quantitative estimate of drug-likeness (QED) is 0.809. The number of likely N-dealkylation sites (N-methyl/N-ethyl adjacent to an activating group) is 1. The molecular formula is C19H21N5O2. The minimum absolute atomic E-state index is 0.0339. The molecule has 2 aliphatic rings. The van der Waals surface area contributed by atoms with Crippen molar-refractivity contribution in [3.63, 3.8) is 0 Å². The zero-order valence-electron chi connectivity index (χ0n) is 14.7. The van der Waals surface area contributed by atoms with Crippen molar-refractivity contribution in [1.82, 2.24) is 20.0 Å². The van der Waals surface area contributed by atoms with Crippen molar-refractivity contribution in [1.29, 1.82) is 0 Å². The highest BCUT2D eigenvalue weighted by Gasteiger charge is 2.48. The number of rotatable bonds is 2. The second-order valence-corrected chi connectivity index (χ2v) is 7.00. The Morgan fingerprint density at radius 3 is 2.65 bits per heavy atom. The summed E-state index contributed by atoms with van der Waals surface area (Å²) in [5.41, 5.74) is 1.24. The van der Waals surface area contributed by atoms with Gasteiger partial charge in [0.25, 0.3) is 5.91 Å². The average Bonchev–Trinajstić information content (AvgIpc) is 3.11. The Kier molecular flexibility index (Phi) is 4.16. The highest BCUT2D eigenvalue weighted by atomic mass is 16.2. The first-order valence-electron chi connectivity index (χ1n) is 8.72. The zero-order valence-corrected chi connectivity index (χ0v) is 14.7. The number of carbonyl (C=O) groups excluding carboxylic acids is 2. The molecule has 4 rings (SSSR count). The Labute approximate surface area is 152 Å². The zero-order chi connectivity index (χ0) is 18.1. The van der Waals surface area contributed by atoms with Crippen LogP contribution in [0, 0.1) is 0 Å². The third-order valence-electron chi connectivity index (χ3n) is 5.45. The molecule has 7 heteroatoms. The lowest BCUT2D eigenvalue weighted by molar-refractivity contribution is -0.123. The van der Waals surface area contributed by atoms with Gasteiger partial charge in [-0.3, -0.25) is 14.5 Å². The molecule has 1 spiro atoms. The lowest BCUT2D eigenvalue weighted by Gasteiger charge is -2.46. The van der Waals surface area contributed by atoms with Crippen LogP contribution in [0.2, 0.25) is 0 Å². The normalized spacial score (nSPS) is 23.7. The van der Waals surface area contributed by atoms with E-state index < -0.39 is 0 Å². The van der Waals surface area contributed by atoms with Gasteiger partial charge in [0.15, 0.2) is 0 Å². The van der Waals surface area contributed by atoms with Crippen molar-refractivity contribution >= 4 is 17.5 Å². The number of piperazine rings is 1. The van der Waals surface area contributed by atoms with Gasteiger partial charge < -0.3 is 9.80 Å². The summed E-state index contributed by atoms with van der Waals surface area (Å²) in [5.74, 6) is 0.0563. The molecule has 1 aromatic carbocycles. The third kappa shape index (κ3) is 2.84. The number of anilines is 1. The van der Waals surface area contributed by atoms with Gasteiger partial charge in [0.1, 0.15) is 0 Å². The first kappa shape index (κ1) is 16.7. The molecule has 0 radical (unpaired) electrons. The van der Waals surface area contributed by atoms with E-state index in [1.54, 1.807) is 6.07 Å². The van der Waals surface area contributed by atoms with Gasteiger partial charge in [-0.25, -0.2) is 0 Å². The first-order chi connectivity index (χ1) is 12.6. The van der Waals surface area contributed by atoms with Gasteiger partial charge in [0.2, 0.25) is 5.91 Å². The van der Waals surface area contributed by atoms with Crippen molar-refractivity contribution < 1.29 is 9.59 Å². The third-order valence-corrected chi connectivity index (χ3v) is 5.45. The summed E-state index contributed by atoms with van der Waals surface area (Å²) in [6.45, 7) is 2.21. The van der Waals surface area contributed by atoms with E-state index in [0.717, 1.165) is 12.1 Å². The van der Waals surface area contributed by atoms with Crippen molar-refractivity contribution in [2.45, 2.75) is 12.0 Å². The lowest BCUT2D eigenvalue weighted by atomic mass is 9.92. The Bertz CT molecular complexity index is 813. The molecule has 0 N–H and O–H groups in total. The topological polar surface area (TPSA) is 69.6 Å². The van der Waals surface area contributed by atoms with Gasteiger partial charge in [-0.2, -0.15) is 10.2 Å². The minimum atomic E-state index is -0.222. The number of hydrogen-bond donors (Lipinski definition) is 0. The smallest absolute Gasteiger partial charge is 0.255 e. The second kappa shape index (κ2) is 6.49. The molecule has 134 valence electrons. The molecule has 2 saturated heterocycles. The number of aromatic nitrogens is 2. The fourth-order valence-electron chi connectivity index (χ4n) is 3.87. The number of nitrogens with zero attached hydrogens (tertiary/aromatic N) is 5. The fraction of sp³-hybridized carbons (Fsp3) is 0.368. The van der Waals surface area contributed by atoms with Gasteiger partial charge in [-0.05, 0) is 31.7 Å². The highest BCUT2D eigenvalue weighted by molar-refractivity contribution is 5.96. The summed E-state index contributed by atoms with van der Waals surface area (Å²) in [4.78, 5) is 31.1. The number of para-hydroxylation sites is 1. The van der Waals surface area contributed by atoms with Crippen molar-refractivity contribution in [3.05, 3.63) is 54.4 Å². The van der Waals surface area contributed by atoms with E-state index in [1.807, 2.05) is 47.2 Å². The van der Waals surface area contributed by atoms with Crippen LogP contribution in [0.15, 0.2) is 48.8 Å². The molecule has 2 amide bonds. The summed E-state index contributed by atoms with van der Waals surface area (Å²) in [6.07, 6.45) is 3.86. The Hall–Kier alpha value is -2.80. The summed E-state index contributed by atoms with van der Waals surface area (Å²) in [5, 5.41) is 7.53. The Balaban J connectivity index is 1.56. The van der Waals surface area contributed by atoms with E-state index in [0.29, 0.717) is 31.7 Å². The molecule has 1 atom stereocenters. The van der Waals surface area contributed by atoms with Crippen LogP contribution < -0.4 is 4.90 Å². The average molecular weight is 351 g/mol. The van der Waals surface area contributed by atoms with E-state index in [4.69, 9.17) is 0 Å². The van der Waals surface area contributed by atoms with Gasteiger partial charge in [-0.1, -0.05) is 18.2 Å². The van der Waals surface area contributed by atoms with E-state index >= 15 is 0 Å². The van der Waals surface area contributed by atoms with Crippen LogP contribution in [-0.2, 0) is 4.79 Å². The SMILES string of the molecule is CN1CC(=O)N(c2ccccc2)C[C@@]12CCN(C(=O)c1ccnnc1)C2. The molecule has 26 heavy (non-hydrogen) atoms. The molecule has 0 aliphatic carbocycles. The lowest BCUT2D eigenvalue weighted by Crippen LogP contribution is -2.64. The first-order valence-corrected chi connectivity index (χ1v) is 8.72. The Morgan fingerprint density at radius 2 is 1.92 bits per heavy atom. The predicted octanol–water partition coefficient (Wildman–Crippen LogP) is 1.04. The predicted molar refractivity (Wildman–Crippen MR) is 96.7 cm³/mol. The maximum Gasteiger partial charge on any atom is 0.255 e. The van der Waals surface area contributed by atoms with Crippen LogP contribution in [0.25, 0.3) is 0 Å². The molecule has 7 nitrogen and oxygen atoms in total. The molecular weight excluding hydrogens is 330 g/mol. The summed E-state index contributed by atoms with van der Waals surface area (Å²) < 4.78 is 0. The maximum absolute atomic E-state index is 12.8. The number of benzene rings is 1. The van der Waals surface area contributed by atoms with E-state index in [2.05, 4.69) is 15.1 Å². The molecule has 2 aromatic rings. The number of hydrogen-bond acceptors (Lipinski definition) is 5. The second-order valence-electron chi connectivity index (χ2n) is 7.00. The molecule has 2 aliphatic heterocycles. The van der Waals surface area contributed by atoms with Crippen LogP contribution in [0.1, 0.15) is 16.8 Å². The largest absolute Gasteiger partial charge is 0.337 e. The molecule has 0 saturated carbocycles. The maximum atomic E-state index is 12.8. The molecule has 0 unspecified atom stereocenters. The monoisotopic (exact) mass is 351 g/mol. The number of amides is 2. The van der Waals surface area contributed by atoms with Crippen LogP contribution >= 0.6 is 0 Å². The highest BCUT2D eigenvalue weighted by Crippen LogP contribution is 2.33. The van der Waals surface area contributed by atoms with Gasteiger partial charge >= 0.3 is 0 Å². The van der Waals surface area contributed by atoms with Gasteiger partial charge in [-0.15, -0.1) is 0 Å². The van der Waals surface area contributed by atoms with E-state index in [9.17, 15) is 9.59 Å². The Morgan fingerprint density at radius 1 is 1.12 bits per heavy atom. The molecule has 2 fully saturated rings. The molecule has 3 heterocycles. The minimum Gasteiger partial charge on any atom is -0.337 e. The van der Waals surface area contributed by atoms with Crippen molar-refractivity contribution in [2.75, 3.05) is 38.1 Å². The molecule has 1 aromatic heterocycles. The number of carbonyl (C=O) groups is 2. The van der Waals surface area contributed by atoms with Crippen LogP contribution in [-0.4, -0.2) is 70.6 Å². The van der Waals surface area contributed by atoms with Crippen LogP contribution in [0.4, 0.5) is 5.69 Å². The fourth-order valence-corrected chi connectivity index (χ4v) is 3.87. The van der Waals surface area contributed by atoms with E-state index in [1.165, 1.54) is 12.4 Å². The standard InChI is InChI=1S/C19H21N5O2/c1-22-12-17(25)24(16-5-3-2-4-6-16)14-19(22)8-10-23(13-19)18(26)15-7-9-20-21-11-15/h2-7,9,11H,8,10,12-14H2,1H3/t19-/m0/s1. The van der Waals surface area contributed by atoms with Gasteiger partial charge in [0, 0.05) is 25.3 Å². The van der Waals surface area contributed by atoms with Crippen LogP contribution in [0.5, 0.6) is 0 Å². The van der Waals surface area contributed by atoms with Crippen molar-refractivity contribution in [2.24, 2.45) is 0 Å². The van der Waals surface area contributed by atoms with Crippen LogP contribution in [0.3, 0.4) is 0 Å².